The molecule has 0 radical (unpaired) electrons. The van der Waals surface area contributed by atoms with Crippen LogP contribution in [0.25, 0.3) is 0 Å². The fourth-order valence-electron chi connectivity index (χ4n) is 3.73. The van der Waals surface area contributed by atoms with E-state index in [4.69, 9.17) is 4.74 Å². The molecule has 2 rings (SSSR count). The van der Waals surface area contributed by atoms with Gasteiger partial charge in [0, 0.05) is 45.2 Å². The number of halogens is 1. The molecule has 1 saturated carbocycles. The standard InChI is InChI=1S/C20H37N5O3.HI/c1-20(2,3)28-19(27)23-12-11-22-18(21-4)24-16-10-13-25(14-16)17(26)15-8-6-5-7-9-15;/h15-16H,5-14H2,1-4H3,(H,23,27)(H2,21,22,24);1H. The summed E-state index contributed by atoms with van der Waals surface area (Å²) in [4.78, 5) is 30.6. The summed E-state index contributed by atoms with van der Waals surface area (Å²) >= 11 is 0. The van der Waals surface area contributed by atoms with Crippen molar-refractivity contribution < 1.29 is 14.3 Å². The van der Waals surface area contributed by atoms with Gasteiger partial charge in [0.25, 0.3) is 0 Å². The number of rotatable bonds is 5. The second-order valence-electron chi connectivity index (χ2n) is 8.68. The first-order chi connectivity index (χ1) is 13.3. The first-order valence-electron chi connectivity index (χ1n) is 10.5. The lowest BCUT2D eigenvalue weighted by Gasteiger charge is -2.26. The quantitative estimate of drug-likeness (QED) is 0.223. The predicted octanol–water partition coefficient (Wildman–Crippen LogP) is 2.48. The van der Waals surface area contributed by atoms with Crippen LogP contribution in [0.4, 0.5) is 4.79 Å². The summed E-state index contributed by atoms with van der Waals surface area (Å²) in [5.41, 5.74) is -0.501. The van der Waals surface area contributed by atoms with Gasteiger partial charge in [0.1, 0.15) is 5.60 Å². The van der Waals surface area contributed by atoms with Crippen molar-refractivity contribution in [1.82, 2.24) is 20.9 Å². The Balaban J connectivity index is 0.00000420. The van der Waals surface area contributed by atoms with E-state index >= 15 is 0 Å². The monoisotopic (exact) mass is 523 g/mol. The molecule has 0 aromatic carbocycles. The molecule has 2 fully saturated rings. The van der Waals surface area contributed by atoms with Crippen LogP contribution in [0.5, 0.6) is 0 Å². The molecule has 0 aromatic heterocycles. The van der Waals surface area contributed by atoms with Gasteiger partial charge in [-0.15, -0.1) is 24.0 Å². The van der Waals surface area contributed by atoms with Gasteiger partial charge >= 0.3 is 6.09 Å². The van der Waals surface area contributed by atoms with E-state index in [1.165, 1.54) is 19.3 Å². The Morgan fingerprint density at radius 1 is 1.07 bits per heavy atom. The maximum Gasteiger partial charge on any atom is 0.407 e. The van der Waals surface area contributed by atoms with Crippen LogP contribution < -0.4 is 16.0 Å². The number of amides is 2. The minimum atomic E-state index is -0.501. The fraction of sp³-hybridized carbons (Fsp3) is 0.850. The topological polar surface area (TPSA) is 95.1 Å². The van der Waals surface area contributed by atoms with Gasteiger partial charge in [0.15, 0.2) is 5.96 Å². The Morgan fingerprint density at radius 3 is 2.34 bits per heavy atom. The van der Waals surface area contributed by atoms with Gasteiger partial charge in [-0.3, -0.25) is 9.79 Å². The average molecular weight is 523 g/mol. The number of alkyl carbamates (subject to hydrolysis) is 1. The van der Waals surface area contributed by atoms with E-state index in [1.54, 1.807) is 7.05 Å². The van der Waals surface area contributed by atoms with E-state index in [1.807, 2.05) is 25.7 Å². The van der Waals surface area contributed by atoms with Crippen LogP contribution in [-0.2, 0) is 9.53 Å². The fourth-order valence-corrected chi connectivity index (χ4v) is 3.73. The van der Waals surface area contributed by atoms with Crippen molar-refractivity contribution in [3.63, 3.8) is 0 Å². The molecule has 0 bridgehead atoms. The molecular weight excluding hydrogens is 485 g/mol. The van der Waals surface area contributed by atoms with Gasteiger partial charge in [-0.05, 0) is 40.0 Å². The van der Waals surface area contributed by atoms with E-state index in [2.05, 4.69) is 20.9 Å². The van der Waals surface area contributed by atoms with Crippen LogP contribution in [-0.4, -0.2) is 67.7 Å². The highest BCUT2D eigenvalue weighted by atomic mass is 127. The highest BCUT2D eigenvalue weighted by Gasteiger charge is 2.31. The zero-order chi connectivity index (χ0) is 20.6. The number of aliphatic imine (C=N–C) groups is 1. The van der Waals surface area contributed by atoms with Crippen LogP contribution in [0.15, 0.2) is 4.99 Å². The van der Waals surface area contributed by atoms with E-state index in [0.717, 1.165) is 32.4 Å². The molecule has 8 nitrogen and oxygen atoms in total. The number of likely N-dealkylation sites (tertiary alicyclic amines) is 1. The highest BCUT2D eigenvalue weighted by Crippen LogP contribution is 2.26. The third-order valence-corrected chi connectivity index (χ3v) is 5.10. The second-order valence-corrected chi connectivity index (χ2v) is 8.68. The van der Waals surface area contributed by atoms with Crippen molar-refractivity contribution in [2.24, 2.45) is 10.9 Å². The zero-order valence-corrected chi connectivity index (χ0v) is 20.6. The molecule has 2 amide bonds. The smallest absolute Gasteiger partial charge is 0.407 e. The molecule has 0 aromatic rings. The van der Waals surface area contributed by atoms with Gasteiger partial charge in [-0.1, -0.05) is 19.3 Å². The Labute approximate surface area is 192 Å². The maximum absolute atomic E-state index is 12.7. The third kappa shape index (κ3) is 9.39. The molecule has 1 aliphatic heterocycles. The number of ether oxygens (including phenoxy) is 1. The molecule has 1 aliphatic carbocycles. The number of nitrogens with one attached hydrogen (secondary N) is 3. The molecule has 1 heterocycles. The van der Waals surface area contributed by atoms with Gasteiger partial charge in [0.05, 0.1) is 0 Å². The van der Waals surface area contributed by atoms with E-state index in [9.17, 15) is 9.59 Å². The Bertz CT molecular complexity index is 559. The molecule has 9 heteroatoms. The number of carbonyl (C=O) groups is 2. The van der Waals surface area contributed by atoms with Gasteiger partial charge < -0.3 is 25.6 Å². The number of nitrogens with zero attached hydrogens (tertiary/aromatic N) is 2. The first-order valence-corrected chi connectivity index (χ1v) is 10.5. The summed E-state index contributed by atoms with van der Waals surface area (Å²) in [6, 6.07) is 0.206. The molecule has 1 atom stereocenters. The molecule has 0 spiro atoms. The summed E-state index contributed by atoms with van der Waals surface area (Å²) in [6.07, 6.45) is 6.21. The lowest BCUT2D eigenvalue weighted by Crippen LogP contribution is -2.47. The molecule has 168 valence electrons. The highest BCUT2D eigenvalue weighted by molar-refractivity contribution is 14.0. The number of carbonyl (C=O) groups excluding carboxylic acids is 2. The van der Waals surface area contributed by atoms with Crippen molar-refractivity contribution in [1.29, 1.82) is 0 Å². The minimum Gasteiger partial charge on any atom is -0.444 e. The second kappa shape index (κ2) is 12.4. The Morgan fingerprint density at radius 2 is 1.72 bits per heavy atom. The number of guanidine groups is 1. The molecule has 2 aliphatic rings. The molecule has 1 unspecified atom stereocenters. The number of hydrogen-bond donors (Lipinski definition) is 3. The lowest BCUT2D eigenvalue weighted by molar-refractivity contribution is -0.135. The normalized spacial score (nSPS) is 20.6. The average Bonchev–Trinajstić information content (AvgIpc) is 3.11. The van der Waals surface area contributed by atoms with Crippen molar-refractivity contribution in [2.75, 3.05) is 33.2 Å². The Kier molecular flexibility index (Phi) is 11.1. The third-order valence-electron chi connectivity index (χ3n) is 5.10. The lowest BCUT2D eigenvalue weighted by atomic mass is 9.88. The molecule has 29 heavy (non-hydrogen) atoms. The molecular formula is C20H38IN5O3. The van der Waals surface area contributed by atoms with Crippen molar-refractivity contribution in [3.8, 4) is 0 Å². The van der Waals surface area contributed by atoms with Crippen LogP contribution in [0.3, 0.4) is 0 Å². The van der Waals surface area contributed by atoms with Crippen LogP contribution in [0.1, 0.15) is 59.3 Å². The van der Waals surface area contributed by atoms with Gasteiger partial charge in [-0.25, -0.2) is 4.79 Å². The van der Waals surface area contributed by atoms with Crippen molar-refractivity contribution >= 4 is 41.9 Å². The van der Waals surface area contributed by atoms with Crippen LogP contribution in [0, 0.1) is 5.92 Å². The summed E-state index contributed by atoms with van der Waals surface area (Å²) in [6.45, 7) is 8.01. The van der Waals surface area contributed by atoms with Gasteiger partial charge in [-0.2, -0.15) is 0 Å². The van der Waals surface area contributed by atoms with E-state index < -0.39 is 11.7 Å². The summed E-state index contributed by atoms with van der Waals surface area (Å²) < 4.78 is 5.20. The van der Waals surface area contributed by atoms with E-state index in [0.29, 0.717) is 25.0 Å². The number of hydrogen-bond acceptors (Lipinski definition) is 4. The van der Waals surface area contributed by atoms with Gasteiger partial charge in [0.2, 0.25) is 5.91 Å². The van der Waals surface area contributed by atoms with E-state index in [-0.39, 0.29) is 35.9 Å². The summed E-state index contributed by atoms with van der Waals surface area (Å²) in [5.74, 6) is 1.24. The van der Waals surface area contributed by atoms with Crippen molar-refractivity contribution in [2.45, 2.75) is 70.9 Å². The molecule has 3 N–H and O–H groups in total. The first kappa shape index (κ1) is 25.8. The predicted molar refractivity (Wildman–Crippen MR) is 126 cm³/mol. The Hall–Kier alpha value is -1.26. The maximum atomic E-state index is 12.7. The summed E-state index contributed by atoms with van der Waals surface area (Å²) in [7, 11) is 1.72. The SMILES string of the molecule is CN=C(NCCNC(=O)OC(C)(C)C)NC1CCN(C(=O)C2CCCCC2)C1.I. The van der Waals surface area contributed by atoms with Crippen LogP contribution in [0.2, 0.25) is 0 Å². The van der Waals surface area contributed by atoms with Crippen molar-refractivity contribution in [3.05, 3.63) is 0 Å². The molecule has 1 saturated heterocycles. The minimum absolute atomic E-state index is 0. The summed E-state index contributed by atoms with van der Waals surface area (Å²) in [5, 5.41) is 9.28. The van der Waals surface area contributed by atoms with Crippen LogP contribution >= 0.6 is 24.0 Å². The zero-order valence-electron chi connectivity index (χ0n) is 18.3. The largest absolute Gasteiger partial charge is 0.444 e.